The molecule has 3 rings (SSSR count). The van der Waals surface area contributed by atoms with E-state index in [1.54, 1.807) is 7.11 Å². The maximum atomic E-state index is 6.67. The van der Waals surface area contributed by atoms with E-state index in [1.165, 1.54) is 0 Å². The van der Waals surface area contributed by atoms with Crippen LogP contribution >= 0.6 is 0 Å². The smallest absolute Gasteiger partial charge is 0.192 e. The molecule has 188 valence electrons. The lowest BCUT2D eigenvalue weighted by atomic mass is 9.95. The van der Waals surface area contributed by atoms with Crippen molar-refractivity contribution in [2.75, 3.05) is 20.3 Å². The van der Waals surface area contributed by atoms with Crippen molar-refractivity contribution in [3.63, 3.8) is 0 Å². The third-order valence-corrected chi connectivity index (χ3v) is 11.4. The maximum absolute atomic E-state index is 6.67. The molecule has 0 fully saturated rings. The lowest BCUT2D eigenvalue weighted by molar-refractivity contribution is -0.109. The van der Waals surface area contributed by atoms with Crippen LogP contribution in [0.15, 0.2) is 84.9 Å². The zero-order valence-electron chi connectivity index (χ0n) is 22.0. The molecule has 0 saturated carbocycles. The average molecular weight is 493 g/mol. The van der Waals surface area contributed by atoms with Gasteiger partial charge in [0, 0.05) is 7.11 Å². The van der Waals surface area contributed by atoms with Crippen molar-refractivity contribution in [2.24, 2.45) is 0 Å². The second kappa shape index (κ2) is 12.0. The Kier molecular flexibility index (Phi) is 9.31. The van der Waals surface area contributed by atoms with Crippen molar-refractivity contribution in [1.29, 1.82) is 0 Å². The molecule has 0 saturated heterocycles. The predicted octanol–water partition coefficient (Wildman–Crippen LogP) is 7.35. The van der Waals surface area contributed by atoms with E-state index < -0.39 is 13.9 Å². The summed E-state index contributed by atoms with van der Waals surface area (Å²) < 4.78 is 25.2. The number of ether oxygens (including phenoxy) is 3. The van der Waals surface area contributed by atoms with Crippen LogP contribution in [0.5, 0.6) is 5.75 Å². The standard InChI is InChI=1S/C30H40O4Si/c1-29(2,3)35(5,6)34-24-30(31-4,23-32-21-25-14-9-7-10-15-25)27-18-13-19-28(20-27)33-22-26-16-11-8-12-17-26/h7-20H,21-24H2,1-6H3. The van der Waals surface area contributed by atoms with Gasteiger partial charge in [-0.1, -0.05) is 93.6 Å². The first-order valence-corrected chi connectivity index (χ1v) is 15.1. The third-order valence-electron chi connectivity index (χ3n) is 6.92. The number of hydrogen-bond acceptors (Lipinski definition) is 4. The Morgan fingerprint density at radius 2 is 1.31 bits per heavy atom. The van der Waals surface area contributed by atoms with Crippen molar-refractivity contribution >= 4 is 8.32 Å². The Morgan fingerprint density at radius 1 is 0.714 bits per heavy atom. The summed E-state index contributed by atoms with van der Waals surface area (Å²) in [6.07, 6.45) is 0. The minimum atomic E-state index is -2.01. The van der Waals surface area contributed by atoms with Gasteiger partial charge in [-0.3, -0.25) is 0 Å². The van der Waals surface area contributed by atoms with E-state index >= 15 is 0 Å². The minimum Gasteiger partial charge on any atom is -0.489 e. The fourth-order valence-corrected chi connectivity index (χ4v) is 4.50. The van der Waals surface area contributed by atoms with Crippen molar-refractivity contribution in [3.8, 4) is 5.75 Å². The first-order valence-electron chi connectivity index (χ1n) is 12.2. The summed E-state index contributed by atoms with van der Waals surface area (Å²) >= 11 is 0. The Bertz CT molecular complexity index is 1030. The monoisotopic (exact) mass is 492 g/mol. The molecule has 1 atom stereocenters. The maximum Gasteiger partial charge on any atom is 0.192 e. The molecule has 0 N–H and O–H groups in total. The van der Waals surface area contributed by atoms with Gasteiger partial charge < -0.3 is 18.6 Å². The Hall–Kier alpha value is -2.44. The van der Waals surface area contributed by atoms with E-state index in [0.717, 1.165) is 22.4 Å². The molecule has 0 spiro atoms. The summed E-state index contributed by atoms with van der Waals surface area (Å²) in [5.41, 5.74) is 2.49. The number of benzene rings is 3. The van der Waals surface area contributed by atoms with E-state index in [2.05, 4.69) is 64.2 Å². The van der Waals surface area contributed by atoms with E-state index in [1.807, 2.05) is 54.6 Å². The minimum absolute atomic E-state index is 0.0953. The molecule has 4 nitrogen and oxygen atoms in total. The highest BCUT2D eigenvalue weighted by molar-refractivity contribution is 6.74. The fraction of sp³-hybridized carbons (Fsp3) is 0.400. The van der Waals surface area contributed by atoms with Crippen molar-refractivity contribution in [1.82, 2.24) is 0 Å². The molecular formula is C30H40O4Si. The van der Waals surface area contributed by atoms with Gasteiger partial charge in [-0.05, 0) is 47.0 Å². The summed E-state index contributed by atoms with van der Waals surface area (Å²) in [5.74, 6) is 0.795. The van der Waals surface area contributed by atoms with Gasteiger partial charge in [-0.2, -0.15) is 0 Å². The topological polar surface area (TPSA) is 36.9 Å². The van der Waals surface area contributed by atoms with Crippen LogP contribution in [0, 0.1) is 0 Å². The van der Waals surface area contributed by atoms with Crippen LogP contribution in [-0.4, -0.2) is 28.6 Å². The van der Waals surface area contributed by atoms with Gasteiger partial charge in [0.2, 0.25) is 0 Å². The van der Waals surface area contributed by atoms with Crippen molar-refractivity contribution < 1.29 is 18.6 Å². The normalized spacial score (nSPS) is 13.9. The number of hydrogen-bond donors (Lipinski definition) is 0. The van der Waals surface area contributed by atoms with Gasteiger partial charge in [-0.15, -0.1) is 0 Å². The lowest BCUT2D eigenvalue weighted by Crippen LogP contribution is -2.47. The Morgan fingerprint density at radius 3 is 1.89 bits per heavy atom. The van der Waals surface area contributed by atoms with E-state index in [4.69, 9.17) is 18.6 Å². The molecule has 0 aliphatic carbocycles. The van der Waals surface area contributed by atoms with Gasteiger partial charge in [0.05, 0.1) is 19.8 Å². The first-order chi connectivity index (χ1) is 16.7. The predicted molar refractivity (Wildman–Crippen MR) is 145 cm³/mol. The molecule has 0 radical (unpaired) electrons. The molecule has 0 bridgehead atoms. The van der Waals surface area contributed by atoms with Gasteiger partial charge in [0.1, 0.15) is 18.0 Å². The molecular weight excluding hydrogens is 452 g/mol. The fourth-order valence-electron chi connectivity index (χ4n) is 3.48. The van der Waals surface area contributed by atoms with E-state index in [-0.39, 0.29) is 5.04 Å². The van der Waals surface area contributed by atoms with Crippen LogP contribution in [0.3, 0.4) is 0 Å². The summed E-state index contributed by atoms with van der Waals surface area (Å²) in [6, 6.07) is 28.5. The van der Waals surface area contributed by atoms with Gasteiger partial charge in [0.25, 0.3) is 0 Å². The number of methoxy groups -OCH3 is 1. The highest BCUT2D eigenvalue weighted by Crippen LogP contribution is 2.39. The zero-order valence-corrected chi connectivity index (χ0v) is 23.0. The van der Waals surface area contributed by atoms with Crippen LogP contribution in [0.1, 0.15) is 37.5 Å². The molecule has 0 aromatic heterocycles. The molecule has 0 amide bonds. The van der Waals surface area contributed by atoms with Crippen LogP contribution in [0.25, 0.3) is 0 Å². The lowest BCUT2D eigenvalue weighted by Gasteiger charge is -2.41. The largest absolute Gasteiger partial charge is 0.489 e. The summed E-state index contributed by atoms with van der Waals surface area (Å²) in [6.45, 7) is 13.1. The van der Waals surface area contributed by atoms with Crippen LogP contribution in [-0.2, 0) is 32.7 Å². The van der Waals surface area contributed by atoms with E-state index in [9.17, 15) is 0 Å². The Balaban J connectivity index is 1.82. The second-order valence-electron chi connectivity index (χ2n) is 10.5. The van der Waals surface area contributed by atoms with E-state index in [0.29, 0.717) is 26.4 Å². The van der Waals surface area contributed by atoms with Crippen molar-refractivity contribution in [2.45, 2.75) is 57.7 Å². The average Bonchev–Trinajstić information content (AvgIpc) is 2.86. The summed E-state index contributed by atoms with van der Waals surface area (Å²) in [7, 11) is -0.272. The SMILES string of the molecule is COC(COCc1ccccc1)(CO[Si](C)(C)C(C)(C)C)c1cccc(OCc2ccccc2)c1. The molecule has 3 aromatic rings. The van der Waals surface area contributed by atoms with Crippen molar-refractivity contribution in [3.05, 3.63) is 102 Å². The molecule has 35 heavy (non-hydrogen) atoms. The molecule has 0 heterocycles. The van der Waals surface area contributed by atoms with Gasteiger partial charge >= 0.3 is 0 Å². The number of rotatable bonds is 12. The quantitative estimate of drug-likeness (QED) is 0.248. The summed E-state index contributed by atoms with van der Waals surface area (Å²) in [4.78, 5) is 0. The summed E-state index contributed by atoms with van der Waals surface area (Å²) in [5, 5.41) is 0.0953. The first kappa shape index (κ1) is 27.1. The van der Waals surface area contributed by atoms with Crippen LogP contribution < -0.4 is 4.74 Å². The molecule has 5 heteroatoms. The molecule has 0 aliphatic rings. The molecule has 0 aliphatic heterocycles. The third kappa shape index (κ3) is 7.52. The zero-order chi connectivity index (χ0) is 25.4. The molecule has 3 aromatic carbocycles. The van der Waals surface area contributed by atoms with Crippen LogP contribution in [0.4, 0.5) is 0 Å². The molecule has 1 unspecified atom stereocenters. The highest BCUT2D eigenvalue weighted by atomic mass is 28.4. The van der Waals surface area contributed by atoms with Gasteiger partial charge in [0.15, 0.2) is 8.32 Å². The second-order valence-corrected chi connectivity index (χ2v) is 15.3. The van der Waals surface area contributed by atoms with Crippen LogP contribution in [0.2, 0.25) is 18.1 Å². The Labute approximate surface area is 212 Å². The highest BCUT2D eigenvalue weighted by Gasteiger charge is 2.41. The van der Waals surface area contributed by atoms with Gasteiger partial charge in [-0.25, -0.2) is 0 Å².